The minimum Gasteiger partial charge on any atom is -0.444 e. The number of piperidine rings is 1. The molecule has 1 aliphatic rings. The maximum atomic E-state index is 12.1. The van der Waals surface area contributed by atoms with Gasteiger partial charge in [0.2, 0.25) is 5.91 Å². The van der Waals surface area contributed by atoms with Crippen LogP contribution >= 0.6 is 0 Å². The topological polar surface area (TPSA) is 70.7 Å². The maximum Gasteiger partial charge on any atom is 0.407 e. The molecule has 1 saturated heterocycles. The molecule has 1 aliphatic heterocycles. The van der Waals surface area contributed by atoms with Gasteiger partial charge in [-0.1, -0.05) is 12.1 Å². The Morgan fingerprint density at radius 2 is 1.81 bits per heavy atom. The van der Waals surface area contributed by atoms with Gasteiger partial charge in [-0.2, -0.15) is 0 Å². The first-order valence-corrected chi connectivity index (χ1v) is 9.32. The zero-order valence-electron chi connectivity index (χ0n) is 16.3. The molecule has 1 fully saturated rings. The number of amides is 2. The van der Waals surface area contributed by atoms with Crippen molar-refractivity contribution in [3.63, 3.8) is 0 Å². The number of carbonyl (C=O) groups is 2. The van der Waals surface area contributed by atoms with Gasteiger partial charge in [0, 0.05) is 25.2 Å². The van der Waals surface area contributed by atoms with E-state index in [2.05, 4.69) is 10.6 Å². The zero-order valence-corrected chi connectivity index (χ0v) is 16.3. The number of hydrogen-bond donors (Lipinski definition) is 2. The molecular formula is C20H31N3O3. The summed E-state index contributed by atoms with van der Waals surface area (Å²) in [4.78, 5) is 25.7. The van der Waals surface area contributed by atoms with Gasteiger partial charge in [0.05, 0.1) is 0 Å². The van der Waals surface area contributed by atoms with Crippen molar-refractivity contribution in [3.8, 4) is 0 Å². The van der Waals surface area contributed by atoms with E-state index in [4.69, 9.17) is 4.74 Å². The van der Waals surface area contributed by atoms with Gasteiger partial charge < -0.3 is 20.3 Å². The highest BCUT2D eigenvalue weighted by Gasteiger charge is 2.24. The molecule has 0 spiro atoms. The van der Waals surface area contributed by atoms with Gasteiger partial charge in [-0.05, 0) is 70.8 Å². The van der Waals surface area contributed by atoms with Crippen molar-refractivity contribution < 1.29 is 14.3 Å². The van der Waals surface area contributed by atoms with E-state index in [1.807, 2.05) is 49.9 Å². The second kappa shape index (κ2) is 9.03. The van der Waals surface area contributed by atoms with E-state index in [-0.39, 0.29) is 11.9 Å². The molecule has 2 N–H and O–H groups in total. The summed E-state index contributed by atoms with van der Waals surface area (Å²) >= 11 is 0. The van der Waals surface area contributed by atoms with E-state index in [0.717, 1.165) is 37.2 Å². The van der Waals surface area contributed by atoms with Gasteiger partial charge >= 0.3 is 6.09 Å². The molecule has 2 rings (SSSR count). The summed E-state index contributed by atoms with van der Waals surface area (Å²) in [6.07, 6.45) is 2.26. The lowest BCUT2D eigenvalue weighted by Gasteiger charge is -2.34. The van der Waals surface area contributed by atoms with E-state index in [9.17, 15) is 9.59 Å². The molecule has 2 amide bonds. The Kier molecular flexibility index (Phi) is 7.03. The number of ether oxygens (including phenoxy) is 1. The minimum absolute atomic E-state index is 0.0799. The number of anilines is 1. The molecule has 0 aliphatic carbocycles. The van der Waals surface area contributed by atoms with Crippen molar-refractivity contribution in [1.29, 1.82) is 0 Å². The molecule has 0 saturated carbocycles. The highest BCUT2D eigenvalue weighted by Crippen LogP contribution is 2.22. The van der Waals surface area contributed by atoms with Gasteiger partial charge in [0.15, 0.2) is 0 Å². The molecule has 1 aromatic rings. The van der Waals surface area contributed by atoms with Crippen molar-refractivity contribution in [2.75, 3.05) is 24.5 Å². The molecular weight excluding hydrogens is 330 g/mol. The second-order valence-electron chi connectivity index (χ2n) is 7.72. The lowest BCUT2D eigenvalue weighted by atomic mass is 10.0. The maximum absolute atomic E-state index is 12.1. The average Bonchev–Trinajstić information content (AvgIpc) is 2.55. The van der Waals surface area contributed by atoms with Crippen LogP contribution in [0.3, 0.4) is 0 Å². The van der Waals surface area contributed by atoms with Crippen molar-refractivity contribution in [3.05, 3.63) is 29.8 Å². The smallest absolute Gasteiger partial charge is 0.407 e. The predicted octanol–water partition coefficient (Wildman–Crippen LogP) is 2.86. The third-order valence-electron chi connectivity index (χ3n) is 4.31. The zero-order chi connectivity index (χ0) is 19.2. The van der Waals surface area contributed by atoms with E-state index in [1.54, 1.807) is 6.92 Å². The molecule has 0 aromatic heterocycles. The number of nitrogens with one attached hydrogen (secondary N) is 2. The molecule has 0 unspecified atom stereocenters. The molecule has 6 nitrogen and oxygen atoms in total. The highest BCUT2D eigenvalue weighted by atomic mass is 16.6. The van der Waals surface area contributed by atoms with Crippen molar-refractivity contribution in [2.24, 2.45) is 0 Å². The fourth-order valence-electron chi connectivity index (χ4n) is 3.16. The second-order valence-corrected chi connectivity index (χ2v) is 7.72. The van der Waals surface area contributed by atoms with Crippen LogP contribution in [0.4, 0.5) is 10.5 Å². The Labute approximate surface area is 156 Å². The highest BCUT2D eigenvalue weighted by molar-refractivity contribution is 5.92. The third-order valence-corrected chi connectivity index (χ3v) is 4.31. The monoisotopic (exact) mass is 361 g/mol. The van der Waals surface area contributed by atoms with Crippen LogP contribution in [0, 0.1) is 0 Å². The van der Waals surface area contributed by atoms with Crippen LogP contribution in [0.25, 0.3) is 0 Å². The standard InChI is InChI=1S/C20H31N3O3/c1-15(24)23(18-10-12-21-13-11-18)17-7-5-16(6-8-17)9-14-22-19(25)26-20(2,3)4/h5-8,18,21H,9-14H2,1-4H3,(H,22,25). The number of benzene rings is 1. The van der Waals surface area contributed by atoms with Crippen molar-refractivity contribution in [1.82, 2.24) is 10.6 Å². The van der Waals surface area contributed by atoms with Gasteiger partial charge in [-0.15, -0.1) is 0 Å². The van der Waals surface area contributed by atoms with E-state index in [0.29, 0.717) is 13.0 Å². The largest absolute Gasteiger partial charge is 0.444 e. The lowest BCUT2D eigenvalue weighted by molar-refractivity contribution is -0.117. The lowest BCUT2D eigenvalue weighted by Crippen LogP contribution is -2.45. The SMILES string of the molecule is CC(=O)N(c1ccc(CCNC(=O)OC(C)(C)C)cc1)C1CCNCC1. The van der Waals surface area contributed by atoms with Gasteiger partial charge in [0.1, 0.15) is 5.60 Å². The fraction of sp³-hybridized carbons (Fsp3) is 0.600. The van der Waals surface area contributed by atoms with E-state index in [1.165, 1.54) is 0 Å². The first kappa shape index (κ1) is 20.2. The summed E-state index contributed by atoms with van der Waals surface area (Å²) in [6, 6.07) is 8.28. The molecule has 0 bridgehead atoms. The van der Waals surface area contributed by atoms with Crippen LogP contribution in [-0.2, 0) is 16.0 Å². The normalized spacial score (nSPS) is 15.4. The van der Waals surface area contributed by atoms with Crippen LogP contribution < -0.4 is 15.5 Å². The van der Waals surface area contributed by atoms with Crippen molar-refractivity contribution in [2.45, 2.75) is 58.6 Å². The summed E-state index contributed by atoms with van der Waals surface area (Å²) in [5.74, 6) is 0.0799. The Balaban J connectivity index is 1.90. The molecule has 26 heavy (non-hydrogen) atoms. The summed E-state index contributed by atoms with van der Waals surface area (Å²) < 4.78 is 5.22. The summed E-state index contributed by atoms with van der Waals surface area (Å²) in [6.45, 7) is 9.56. The van der Waals surface area contributed by atoms with Gasteiger partial charge in [0.25, 0.3) is 0 Å². The van der Waals surface area contributed by atoms with Crippen LogP contribution in [0.2, 0.25) is 0 Å². The summed E-state index contributed by atoms with van der Waals surface area (Å²) in [5.41, 5.74) is 1.56. The van der Waals surface area contributed by atoms with Crippen molar-refractivity contribution >= 4 is 17.7 Å². The third kappa shape index (κ3) is 6.33. The van der Waals surface area contributed by atoms with Gasteiger partial charge in [-0.25, -0.2) is 4.79 Å². The van der Waals surface area contributed by atoms with E-state index < -0.39 is 11.7 Å². The Morgan fingerprint density at radius 3 is 2.35 bits per heavy atom. The molecule has 0 atom stereocenters. The number of alkyl carbamates (subject to hydrolysis) is 1. The Morgan fingerprint density at radius 1 is 1.19 bits per heavy atom. The fourth-order valence-corrected chi connectivity index (χ4v) is 3.16. The summed E-state index contributed by atoms with van der Waals surface area (Å²) in [5, 5.41) is 6.10. The number of rotatable bonds is 5. The van der Waals surface area contributed by atoms with Crippen LogP contribution in [0.5, 0.6) is 0 Å². The molecule has 1 aromatic carbocycles. The Hall–Kier alpha value is -2.08. The average molecular weight is 361 g/mol. The van der Waals surface area contributed by atoms with Crippen LogP contribution in [0.1, 0.15) is 46.1 Å². The molecule has 0 radical (unpaired) electrons. The molecule has 144 valence electrons. The Bertz CT molecular complexity index is 602. The van der Waals surface area contributed by atoms with Gasteiger partial charge in [-0.3, -0.25) is 4.79 Å². The van der Waals surface area contributed by atoms with Crippen LogP contribution in [0.15, 0.2) is 24.3 Å². The van der Waals surface area contributed by atoms with E-state index >= 15 is 0 Å². The number of hydrogen-bond acceptors (Lipinski definition) is 4. The molecule has 6 heteroatoms. The number of nitrogens with zero attached hydrogens (tertiary/aromatic N) is 1. The number of carbonyl (C=O) groups excluding carboxylic acids is 2. The quantitative estimate of drug-likeness (QED) is 0.846. The predicted molar refractivity (Wildman–Crippen MR) is 103 cm³/mol. The van der Waals surface area contributed by atoms with Crippen LogP contribution in [-0.4, -0.2) is 43.3 Å². The first-order chi connectivity index (χ1) is 12.3. The summed E-state index contributed by atoms with van der Waals surface area (Å²) in [7, 11) is 0. The first-order valence-electron chi connectivity index (χ1n) is 9.32. The minimum atomic E-state index is -0.490. The molecule has 1 heterocycles.